The third kappa shape index (κ3) is 3.29. The van der Waals surface area contributed by atoms with E-state index in [-0.39, 0.29) is 0 Å². The zero-order valence-electron chi connectivity index (χ0n) is 10.6. The van der Waals surface area contributed by atoms with E-state index in [1.54, 1.807) is 29.2 Å². The highest BCUT2D eigenvalue weighted by Crippen LogP contribution is 2.28. The Morgan fingerprint density at radius 1 is 1.24 bits per heavy atom. The molecule has 0 aliphatic carbocycles. The van der Waals surface area contributed by atoms with Gasteiger partial charge in [-0.2, -0.15) is 5.10 Å². The van der Waals surface area contributed by atoms with Crippen molar-refractivity contribution >= 4 is 35.4 Å². The van der Waals surface area contributed by atoms with Gasteiger partial charge >= 0.3 is 0 Å². The summed E-state index contributed by atoms with van der Waals surface area (Å²) in [5, 5.41) is 7.61. The second-order valence-corrected chi connectivity index (χ2v) is 5.55. The molecule has 0 fully saturated rings. The van der Waals surface area contributed by atoms with Gasteiger partial charge in [-0.15, -0.1) is 0 Å². The van der Waals surface area contributed by atoms with Crippen LogP contribution in [0.2, 0.25) is 10.0 Å². The van der Waals surface area contributed by atoms with Gasteiger partial charge < -0.3 is 9.84 Å². The summed E-state index contributed by atoms with van der Waals surface area (Å²) >= 11 is 17.0. The van der Waals surface area contributed by atoms with Gasteiger partial charge in [0.2, 0.25) is 4.77 Å². The van der Waals surface area contributed by atoms with Crippen molar-refractivity contribution in [3.8, 4) is 11.3 Å². The lowest BCUT2D eigenvalue weighted by Gasteiger charge is -2.03. The number of hydrogen-bond acceptors (Lipinski definition) is 4. The molecule has 3 rings (SSSR count). The molecule has 2 N–H and O–H groups in total. The molecule has 0 amide bonds. The van der Waals surface area contributed by atoms with Crippen LogP contribution in [0.15, 0.2) is 41.1 Å². The largest absolute Gasteiger partial charge is 0.459 e. The van der Waals surface area contributed by atoms with Gasteiger partial charge in [0.15, 0.2) is 0 Å². The fourth-order valence-electron chi connectivity index (χ4n) is 1.85. The van der Waals surface area contributed by atoms with Gasteiger partial charge in [-0.3, -0.25) is 5.10 Å². The average Bonchev–Trinajstić information content (AvgIpc) is 3.04. The van der Waals surface area contributed by atoms with Gasteiger partial charge in [0.05, 0.1) is 6.54 Å². The smallest absolute Gasteiger partial charge is 0.214 e. The van der Waals surface area contributed by atoms with E-state index >= 15 is 0 Å². The third-order valence-corrected chi connectivity index (χ3v) is 3.51. The Morgan fingerprint density at radius 2 is 2.00 bits per heavy atom. The highest BCUT2D eigenvalue weighted by atomic mass is 35.5. The molecule has 0 unspecified atom stereocenters. The van der Waals surface area contributed by atoms with Crippen molar-refractivity contribution in [2.24, 2.45) is 0 Å². The Kier molecular flexibility index (Phi) is 4.01. The van der Waals surface area contributed by atoms with Crippen molar-refractivity contribution in [2.75, 3.05) is 5.43 Å². The minimum atomic E-state index is 0.474. The van der Waals surface area contributed by atoms with Crippen LogP contribution in [0.3, 0.4) is 0 Å². The molecule has 0 aliphatic rings. The molecular weight excluding hydrogens is 331 g/mol. The number of nitrogens with zero attached hydrogens (tertiary/aromatic N) is 2. The van der Waals surface area contributed by atoms with E-state index in [4.69, 9.17) is 39.8 Å². The number of furan rings is 1. The lowest BCUT2D eigenvalue weighted by Crippen LogP contribution is -2.12. The lowest BCUT2D eigenvalue weighted by molar-refractivity contribution is 0.522. The van der Waals surface area contributed by atoms with Crippen LogP contribution in [0.5, 0.6) is 0 Å². The first-order chi connectivity index (χ1) is 10.1. The second kappa shape index (κ2) is 5.93. The second-order valence-electron chi connectivity index (χ2n) is 4.29. The quantitative estimate of drug-likeness (QED) is 0.697. The molecule has 2 heterocycles. The molecule has 21 heavy (non-hydrogen) atoms. The van der Waals surface area contributed by atoms with Crippen molar-refractivity contribution in [3.63, 3.8) is 0 Å². The summed E-state index contributed by atoms with van der Waals surface area (Å²) in [5.41, 5.74) is 3.90. The molecule has 8 heteroatoms. The fourth-order valence-corrected chi connectivity index (χ4v) is 2.54. The zero-order chi connectivity index (χ0) is 14.8. The molecule has 108 valence electrons. The van der Waals surface area contributed by atoms with Crippen LogP contribution >= 0.6 is 35.4 Å². The van der Waals surface area contributed by atoms with E-state index in [9.17, 15) is 0 Å². The van der Waals surface area contributed by atoms with Crippen molar-refractivity contribution in [1.29, 1.82) is 0 Å². The SMILES string of the molecule is S=c1[nH]ncn1NCc1ccc(-c2cc(Cl)cc(Cl)c2)o1. The van der Waals surface area contributed by atoms with E-state index in [0.29, 0.717) is 27.1 Å². The Labute approximate surface area is 135 Å². The summed E-state index contributed by atoms with van der Waals surface area (Å²) in [6.45, 7) is 0.474. The molecule has 3 aromatic rings. The first-order valence-corrected chi connectivity index (χ1v) is 7.19. The Balaban J connectivity index is 1.77. The molecule has 2 aromatic heterocycles. The minimum Gasteiger partial charge on any atom is -0.459 e. The first-order valence-electron chi connectivity index (χ1n) is 6.03. The minimum absolute atomic E-state index is 0.474. The summed E-state index contributed by atoms with van der Waals surface area (Å²) in [6, 6.07) is 9.03. The van der Waals surface area contributed by atoms with E-state index in [1.165, 1.54) is 0 Å². The Bertz CT molecular complexity index is 803. The summed E-state index contributed by atoms with van der Waals surface area (Å²) in [4.78, 5) is 0. The van der Waals surface area contributed by atoms with Gasteiger partial charge in [0.1, 0.15) is 17.8 Å². The lowest BCUT2D eigenvalue weighted by atomic mass is 10.2. The molecule has 5 nitrogen and oxygen atoms in total. The third-order valence-electron chi connectivity index (χ3n) is 2.78. The van der Waals surface area contributed by atoms with Crippen molar-refractivity contribution in [2.45, 2.75) is 6.54 Å². The Hall–Kier alpha value is -1.76. The van der Waals surface area contributed by atoms with Crippen molar-refractivity contribution < 1.29 is 4.42 Å². The summed E-state index contributed by atoms with van der Waals surface area (Å²) in [5.74, 6) is 1.45. The number of hydrogen-bond donors (Lipinski definition) is 2. The van der Waals surface area contributed by atoms with E-state index < -0.39 is 0 Å². The highest BCUT2D eigenvalue weighted by molar-refractivity contribution is 7.71. The summed E-state index contributed by atoms with van der Waals surface area (Å²) < 4.78 is 7.85. The van der Waals surface area contributed by atoms with E-state index in [1.807, 2.05) is 12.1 Å². The highest BCUT2D eigenvalue weighted by Gasteiger charge is 2.07. The maximum atomic E-state index is 5.99. The molecule has 0 aliphatic heterocycles. The number of halogens is 2. The summed E-state index contributed by atoms with van der Waals surface area (Å²) in [7, 11) is 0. The molecule has 0 saturated heterocycles. The fraction of sp³-hybridized carbons (Fsp3) is 0.0769. The molecule has 1 aromatic carbocycles. The normalized spacial score (nSPS) is 10.8. The number of benzene rings is 1. The maximum Gasteiger partial charge on any atom is 0.214 e. The molecule has 0 bridgehead atoms. The number of H-pyrrole nitrogens is 1. The van der Waals surface area contributed by atoms with E-state index in [2.05, 4.69) is 15.6 Å². The molecule has 0 spiro atoms. The number of rotatable bonds is 4. The van der Waals surface area contributed by atoms with Gasteiger partial charge in [0.25, 0.3) is 0 Å². The Morgan fingerprint density at radius 3 is 2.67 bits per heavy atom. The first kappa shape index (κ1) is 14.2. The van der Waals surface area contributed by atoms with Gasteiger partial charge in [-0.25, -0.2) is 4.68 Å². The van der Waals surface area contributed by atoms with Crippen molar-refractivity contribution in [1.82, 2.24) is 14.9 Å². The average molecular weight is 341 g/mol. The molecular formula is C13H10Cl2N4OS. The summed E-state index contributed by atoms with van der Waals surface area (Å²) in [6.07, 6.45) is 1.56. The molecule has 0 atom stereocenters. The van der Waals surface area contributed by atoms with Gasteiger partial charge in [-0.1, -0.05) is 23.2 Å². The number of aromatic amines is 1. The van der Waals surface area contributed by atoms with Crippen LogP contribution in [-0.2, 0) is 6.54 Å². The van der Waals surface area contributed by atoms with Crippen LogP contribution in [0.25, 0.3) is 11.3 Å². The monoisotopic (exact) mass is 340 g/mol. The van der Waals surface area contributed by atoms with Crippen molar-refractivity contribution in [3.05, 3.63) is 57.2 Å². The zero-order valence-corrected chi connectivity index (χ0v) is 13.0. The van der Waals surface area contributed by atoms with Crippen LogP contribution in [0.1, 0.15) is 5.76 Å². The topological polar surface area (TPSA) is 58.8 Å². The van der Waals surface area contributed by atoms with Crippen LogP contribution in [0, 0.1) is 4.77 Å². The number of nitrogens with one attached hydrogen (secondary N) is 2. The predicted molar refractivity (Wildman–Crippen MR) is 84.6 cm³/mol. The maximum absolute atomic E-state index is 5.99. The standard InChI is InChI=1S/C13H10Cl2N4OS/c14-9-3-8(4-10(15)5-9)12-2-1-11(20-12)6-17-19-7-16-18-13(19)21/h1-5,7,17H,6H2,(H,18,21). The van der Waals surface area contributed by atoms with Gasteiger partial charge in [0, 0.05) is 15.6 Å². The number of aromatic nitrogens is 3. The molecule has 0 radical (unpaired) electrons. The predicted octanol–water partition coefficient (Wildman–Crippen LogP) is 4.25. The molecule has 0 saturated carbocycles. The van der Waals surface area contributed by atoms with Gasteiger partial charge in [-0.05, 0) is 42.5 Å². The van der Waals surface area contributed by atoms with Crippen LogP contribution in [0.4, 0.5) is 0 Å². The van der Waals surface area contributed by atoms with Crippen LogP contribution in [-0.4, -0.2) is 14.9 Å². The van der Waals surface area contributed by atoms with Crippen LogP contribution < -0.4 is 5.43 Å². The van der Waals surface area contributed by atoms with E-state index in [0.717, 1.165) is 11.3 Å².